The molecule has 0 bridgehead atoms. The smallest absolute Gasteiger partial charge is 0.262 e. The van der Waals surface area contributed by atoms with Crippen molar-refractivity contribution >= 4 is 54.6 Å². The van der Waals surface area contributed by atoms with Crippen molar-refractivity contribution in [2.24, 2.45) is 0 Å². The van der Waals surface area contributed by atoms with Gasteiger partial charge in [-0.3, -0.25) is 9.52 Å². The number of carbonyl (C=O) groups is 1. The molecule has 10 nitrogen and oxygen atoms in total. The van der Waals surface area contributed by atoms with Gasteiger partial charge < -0.3 is 15.0 Å². The molecule has 39 heavy (non-hydrogen) atoms. The largest absolute Gasteiger partial charge is 0.497 e. The molecule has 1 amide bonds. The maximum absolute atomic E-state index is 13.2. The standard InChI is InChI=1S/C26H29ClN4O6S2/c1-18(29-38(33,34)20-11-9-19(37-2)10-12-20)26(32)28-24-17-21(13-14-25(24)31-15-5-6-16-31)39(35,36)30-23-8-4-3-7-22(23)27/h3-4,7-14,17-18,29-30H,5-6,15-16H2,1-2H3,(H,28,32)/t18-/m0/s1. The fraction of sp³-hybridized carbons (Fsp3) is 0.269. The van der Waals surface area contributed by atoms with Crippen LogP contribution in [0.25, 0.3) is 0 Å². The maximum atomic E-state index is 13.2. The summed E-state index contributed by atoms with van der Waals surface area (Å²) in [7, 11) is -6.59. The lowest BCUT2D eigenvalue weighted by atomic mass is 10.2. The molecule has 1 heterocycles. The van der Waals surface area contributed by atoms with Crippen LogP contribution in [0.3, 0.4) is 0 Å². The number of nitrogens with zero attached hydrogens (tertiary/aromatic N) is 1. The molecule has 3 aromatic rings. The molecular formula is C26H29ClN4O6S2. The van der Waals surface area contributed by atoms with Gasteiger partial charge in [-0.1, -0.05) is 23.7 Å². The Kier molecular flexibility index (Phi) is 8.70. The first-order valence-electron chi connectivity index (χ1n) is 12.1. The van der Waals surface area contributed by atoms with E-state index in [2.05, 4.69) is 14.8 Å². The zero-order chi connectivity index (χ0) is 28.2. The number of anilines is 3. The lowest BCUT2D eigenvalue weighted by Crippen LogP contribution is -2.41. The Bertz CT molecular complexity index is 1560. The van der Waals surface area contributed by atoms with Crippen LogP contribution < -0.4 is 24.4 Å². The highest BCUT2D eigenvalue weighted by Gasteiger charge is 2.26. The van der Waals surface area contributed by atoms with Crippen LogP contribution >= 0.6 is 11.6 Å². The minimum atomic E-state index is -4.05. The Hall–Kier alpha value is -3.32. The Morgan fingerprint density at radius 1 is 0.897 bits per heavy atom. The number of benzene rings is 3. The van der Waals surface area contributed by atoms with Gasteiger partial charge in [0.05, 0.1) is 45.0 Å². The number of methoxy groups -OCH3 is 1. The molecule has 3 N–H and O–H groups in total. The molecule has 208 valence electrons. The van der Waals surface area contributed by atoms with Gasteiger partial charge in [-0.25, -0.2) is 16.8 Å². The zero-order valence-corrected chi connectivity index (χ0v) is 23.7. The summed E-state index contributed by atoms with van der Waals surface area (Å²) in [6.45, 7) is 2.89. The van der Waals surface area contributed by atoms with Crippen molar-refractivity contribution in [3.63, 3.8) is 0 Å². The molecule has 3 aromatic carbocycles. The van der Waals surface area contributed by atoms with E-state index in [1.54, 1.807) is 24.3 Å². The average molecular weight is 593 g/mol. The predicted octanol–water partition coefficient (Wildman–Crippen LogP) is 4.06. The predicted molar refractivity (Wildman–Crippen MR) is 152 cm³/mol. The third-order valence-corrected chi connectivity index (χ3v) is 9.45. The van der Waals surface area contributed by atoms with Gasteiger partial charge in [-0.15, -0.1) is 0 Å². The van der Waals surface area contributed by atoms with Gasteiger partial charge in [0.2, 0.25) is 15.9 Å². The second kappa shape index (κ2) is 11.8. The number of sulfonamides is 2. The molecule has 1 atom stereocenters. The van der Waals surface area contributed by atoms with E-state index in [0.717, 1.165) is 25.9 Å². The highest BCUT2D eigenvalue weighted by Crippen LogP contribution is 2.33. The van der Waals surface area contributed by atoms with Gasteiger partial charge in [0.15, 0.2) is 0 Å². The highest BCUT2D eigenvalue weighted by molar-refractivity contribution is 7.92. The van der Waals surface area contributed by atoms with Crippen LogP contribution in [-0.4, -0.2) is 49.0 Å². The van der Waals surface area contributed by atoms with Crippen LogP contribution in [0.15, 0.2) is 76.5 Å². The number of amides is 1. The monoisotopic (exact) mass is 592 g/mol. The molecule has 0 saturated carbocycles. The van der Waals surface area contributed by atoms with Gasteiger partial charge in [-0.2, -0.15) is 4.72 Å². The molecule has 0 radical (unpaired) electrons. The first-order valence-corrected chi connectivity index (χ1v) is 15.5. The van der Waals surface area contributed by atoms with Crippen molar-refractivity contribution in [2.45, 2.75) is 35.6 Å². The zero-order valence-electron chi connectivity index (χ0n) is 21.3. The summed E-state index contributed by atoms with van der Waals surface area (Å²) in [4.78, 5) is 15.0. The summed E-state index contributed by atoms with van der Waals surface area (Å²) in [5, 5.41) is 2.96. The minimum Gasteiger partial charge on any atom is -0.497 e. The van der Waals surface area contributed by atoms with E-state index in [1.165, 1.54) is 56.5 Å². The Morgan fingerprint density at radius 3 is 2.18 bits per heavy atom. The Morgan fingerprint density at radius 2 is 1.54 bits per heavy atom. The molecule has 1 fully saturated rings. The summed E-state index contributed by atoms with van der Waals surface area (Å²) in [5.74, 6) is -0.158. The van der Waals surface area contributed by atoms with Crippen molar-refractivity contribution in [1.29, 1.82) is 0 Å². The van der Waals surface area contributed by atoms with Crippen LogP contribution in [0.4, 0.5) is 17.1 Å². The van der Waals surface area contributed by atoms with Gasteiger partial charge in [0.1, 0.15) is 5.75 Å². The molecule has 1 aliphatic rings. The van der Waals surface area contributed by atoms with Crippen LogP contribution in [0.1, 0.15) is 19.8 Å². The number of hydrogen-bond acceptors (Lipinski definition) is 7. The van der Waals surface area contributed by atoms with E-state index in [-0.39, 0.29) is 26.2 Å². The van der Waals surface area contributed by atoms with E-state index in [9.17, 15) is 21.6 Å². The first kappa shape index (κ1) is 28.7. The van der Waals surface area contributed by atoms with Crippen LogP contribution in [-0.2, 0) is 24.8 Å². The fourth-order valence-corrected chi connectivity index (χ4v) is 6.66. The van der Waals surface area contributed by atoms with E-state index in [4.69, 9.17) is 16.3 Å². The summed E-state index contributed by atoms with van der Waals surface area (Å²) >= 11 is 6.12. The summed E-state index contributed by atoms with van der Waals surface area (Å²) in [6.07, 6.45) is 1.92. The molecular weight excluding hydrogens is 564 g/mol. The molecule has 0 aliphatic carbocycles. The topological polar surface area (TPSA) is 134 Å². The summed E-state index contributed by atoms with van der Waals surface area (Å²) in [5.41, 5.74) is 1.11. The van der Waals surface area contributed by atoms with Crippen LogP contribution in [0.2, 0.25) is 5.02 Å². The van der Waals surface area contributed by atoms with Gasteiger partial charge in [-0.05, 0) is 74.4 Å². The van der Waals surface area contributed by atoms with E-state index >= 15 is 0 Å². The van der Waals surface area contributed by atoms with E-state index < -0.39 is 32.0 Å². The Labute approximate surface area is 233 Å². The van der Waals surface area contributed by atoms with E-state index in [0.29, 0.717) is 11.4 Å². The number of para-hydroxylation sites is 1. The first-order chi connectivity index (χ1) is 18.5. The molecule has 0 spiro atoms. The lowest BCUT2D eigenvalue weighted by molar-refractivity contribution is -0.117. The third-order valence-electron chi connectivity index (χ3n) is 6.20. The summed E-state index contributed by atoms with van der Waals surface area (Å²) in [6, 6.07) is 15.5. The average Bonchev–Trinajstić information content (AvgIpc) is 3.44. The van der Waals surface area contributed by atoms with Crippen molar-refractivity contribution in [3.05, 3.63) is 71.8 Å². The van der Waals surface area contributed by atoms with Gasteiger partial charge in [0, 0.05) is 13.1 Å². The number of nitrogens with one attached hydrogen (secondary N) is 3. The van der Waals surface area contributed by atoms with Crippen molar-refractivity contribution < 1.29 is 26.4 Å². The van der Waals surface area contributed by atoms with Crippen molar-refractivity contribution in [2.75, 3.05) is 35.1 Å². The third kappa shape index (κ3) is 6.82. The number of halogens is 1. The lowest BCUT2D eigenvalue weighted by Gasteiger charge is -2.23. The van der Waals surface area contributed by atoms with Crippen molar-refractivity contribution in [1.82, 2.24) is 4.72 Å². The SMILES string of the molecule is COc1ccc(S(=O)(=O)N[C@@H](C)C(=O)Nc2cc(S(=O)(=O)Nc3ccccc3Cl)ccc2N2CCCC2)cc1. The van der Waals surface area contributed by atoms with Crippen LogP contribution in [0, 0.1) is 0 Å². The fourth-order valence-electron chi connectivity index (χ4n) is 4.11. The van der Waals surface area contributed by atoms with E-state index in [1.807, 2.05) is 4.90 Å². The van der Waals surface area contributed by atoms with Gasteiger partial charge in [0.25, 0.3) is 10.0 Å². The van der Waals surface area contributed by atoms with Crippen molar-refractivity contribution in [3.8, 4) is 5.75 Å². The minimum absolute atomic E-state index is 0.0283. The second-order valence-electron chi connectivity index (χ2n) is 8.97. The Balaban J connectivity index is 1.58. The number of carbonyl (C=O) groups excluding carboxylic acids is 1. The van der Waals surface area contributed by atoms with Crippen LogP contribution in [0.5, 0.6) is 5.75 Å². The highest BCUT2D eigenvalue weighted by atomic mass is 35.5. The molecule has 1 saturated heterocycles. The molecule has 0 unspecified atom stereocenters. The van der Waals surface area contributed by atoms with Gasteiger partial charge >= 0.3 is 0 Å². The maximum Gasteiger partial charge on any atom is 0.262 e. The number of rotatable bonds is 10. The molecule has 1 aliphatic heterocycles. The molecule has 0 aromatic heterocycles. The number of ether oxygens (including phenoxy) is 1. The second-order valence-corrected chi connectivity index (χ2v) is 12.8. The normalized spacial score (nSPS) is 14.6. The molecule has 13 heteroatoms. The summed E-state index contributed by atoms with van der Waals surface area (Å²) < 4.78 is 61.8. The quantitative estimate of drug-likeness (QED) is 0.323. The molecule has 4 rings (SSSR count). The number of hydrogen-bond donors (Lipinski definition) is 3.